The molecule has 120 valence electrons. The number of hydrogen-bond acceptors (Lipinski definition) is 3. The summed E-state index contributed by atoms with van der Waals surface area (Å²) in [6, 6.07) is 7.79. The van der Waals surface area contributed by atoms with E-state index >= 15 is 0 Å². The molecule has 0 bridgehead atoms. The fraction of sp³-hybridized carbons (Fsp3) is 0.500. The van der Waals surface area contributed by atoms with Crippen molar-refractivity contribution in [1.82, 2.24) is 10.2 Å². The maximum absolute atomic E-state index is 12.0. The Morgan fingerprint density at radius 3 is 2.68 bits per heavy atom. The molecule has 2 fully saturated rings. The summed E-state index contributed by atoms with van der Waals surface area (Å²) in [5.41, 5.74) is 1.93. The van der Waals surface area contributed by atoms with Gasteiger partial charge in [-0.2, -0.15) is 0 Å². The van der Waals surface area contributed by atoms with Gasteiger partial charge in [-0.15, -0.1) is 12.4 Å². The Morgan fingerprint density at radius 1 is 1.32 bits per heavy atom. The summed E-state index contributed by atoms with van der Waals surface area (Å²) >= 11 is 0. The van der Waals surface area contributed by atoms with E-state index in [9.17, 15) is 9.59 Å². The van der Waals surface area contributed by atoms with Crippen molar-refractivity contribution in [2.75, 3.05) is 25.0 Å². The molecule has 0 aliphatic carbocycles. The van der Waals surface area contributed by atoms with Crippen LogP contribution in [0.15, 0.2) is 24.3 Å². The monoisotopic (exact) mass is 323 g/mol. The van der Waals surface area contributed by atoms with E-state index in [1.54, 1.807) is 0 Å². The molecule has 2 heterocycles. The second-order valence-electron chi connectivity index (χ2n) is 5.79. The highest BCUT2D eigenvalue weighted by Crippen LogP contribution is 2.17. The van der Waals surface area contributed by atoms with Crippen LogP contribution in [-0.4, -0.2) is 36.3 Å². The third-order valence-electron chi connectivity index (χ3n) is 4.20. The number of hydrogen-bond donors (Lipinski definition) is 2. The van der Waals surface area contributed by atoms with E-state index in [0.29, 0.717) is 13.0 Å². The molecular formula is C16H22ClN3O2. The molecule has 2 aliphatic rings. The lowest BCUT2D eigenvalue weighted by Gasteiger charge is -2.16. The van der Waals surface area contributed by atoms with Crippen molar-refractivity contribution in [1.29, 1.82) is 0 Å². The van der Waals surface area contributed by atoms with Crippen molar-refractivity contribution in [3.63, 3.8) is 0 Å². The molecule has 0 aromatic heterocycles. The summed E-state index contributed by atoms with van der Waals surface area (Å²) in [7, 11) is 0. The first kappa shape index (κ1) is 16.8. The van der Waals surface area contributed by atoms with E-state index in [-0.39, 0.29) is 30.1 Å². The topological polar surface area (TPSA) is 61.4 Å². The summed E-state index contributed by atoms with van der Waals surface area (Å²) in [5.74, 6) is 0.399. The lowest BCUT2D eigenvalue weighted by Crippen LogP contribution is -2.25. The molecule has 3 rings (SSSR count). The van der Waals surface area contributed by atoms with E-state index in [2.05, 4.69) is 10.6 Å². The fourth-order valence-corrected chi connectivity index (χ4v) is 2.91. The quantitative estimate of drug-likeness (QED) is 0.888. The van der Waals surface area contributed by atoms with Gasteiger partial charge in [-0.3, -0.25) is 9.59 Å². The van der Waals surface area contributed by atoms with Gasteiger partial charge in [-0.25, -0.2) is 0 Å². The number of nitrogens with one attached hydrogen (secondary N) is 2. The molecule has 2 saturated heterocycles. The van der Waals surface area contributed by atoms with Gasteiger partial charge in [-0.1, -0.05) is 12.1 Å². The maximum Gasteiger partial charge on any atom is 0.228 e. The molecule has 2 amide bonds. The highest BCUT2D eigenvalue weighted by atomic mass is 35.5. The number of rotatable bonds is 4. The van der Waals surface area contributed by atoms with Crippen molar-refractivity contribution in [2.45, 2.75) is 25.8 Å². The minimum atomic E-state index is 0. The lowest BCUT2D eigenvalue weighted by atomic mass is 10.1. The molecule has 6 heteroatoms. The maximum atomic E-state index is 12.0. The van der Waals surface area contributed by atoms with Crippen LogP contribution in [-0.2, 0) is 16.1 Å². The summed E-state index contributed by atoms with van der Waals surface area (Å²) in [4.78, 5) is 25.5. The number of likely N-dealkylation sites (tertiary alicyclic amines) is 1. The molecule has 0 spiro atoms. The highest BCUT2D eigenvalue weighted by molar-refractivity contribution is 5.92. The summed E-state index contributed by atoms with van der Waals surface area (Å²) < 4.78 is 0. The zero-order valence-electron chi connectivity index (χ0n) is 12.5. The van der Waals surface area contributed by atoms with Crippen molar-refractivity contribution < 1.29 is 9.59 Å². The molecule has 1 aromatic carbocycles. The lowest BCUT2D eigenvalue weighted by molar-refractivity contribution is -0.128. The summed E-state index contributed by atoms with van der Waals surface area (Å²) in [5, 5.41) is 6.15. The average Bonchev–Trinajstić information content (AvgIpc) is 3.14. The van der Waals surface area contributed by atoms with Crippen molar-refractivity contribution >= 4 is 29.9 Å². The van der Waals surface area contributed by atoms with Crippen molar-refractivity contribution in [2.24, 2.45) is 5.92 Å². The molecule has 2 N–H and O–H groups in total. The number of carbonyl (C=O) groups excluding carboxylic acids is 2. The minimum Gasteiger partial charge on any atom is -0.338 e. The molecule has 0 radical (unpaired) electrons. The predicted molar refractivity (Wildman–Crippen MR) is 87.9 cm³/mol. The summed E-state index contributed by atoms with van der Waals surface area (Å²) in [6.45, 7) is 3.20. The Labute approximate surface area is 136 Å². The predicted octanol–water partition coefficient (Wildman–Crippen LogP) is 1.78. The van der Waals surface area contributed by atoms with Gasteiger partial charge in [0.2, 0.25) is 11.8 Å². The van der Waals surface area contributed by atoms with E-state index in [1.165, 1.54) is 0 Å². The van der Waals surface area contributed by atoms with E-state index in [4.69, 9.17) is 0 Å². The molecule has 0 saturated carbocycles. The van der Waals surface area contributed by atoms with Gasteiger partial charge >= 0.3 is 0 Å². The minimum absolute atomic E-state index is 0. The van der Waals surface area contributed by atoms with Gasteiger partial charge in [0.1, 0.15) is 0 Å². The van der Waals surface area contributed by atoms with E-state index in [0.717, 1.165) is 43.7 Å². The highest BCUT2D eigenvalue weighted by Gasteiger charge is 2.22. The number of amides is 2. The zero-order valence-corrected chi connectivity index (χ0v) is 13.3. The molecule has 1 unspecified atom stereocenters. The second-order valence-corrected chi connectivity index (χ2v) is 5.79. The Kier molecular flexibility index (Phi) is 5.80. The number of nitrogens with zero attached hydrogens (tertiary/aromatic N) is 1. The molecular weight excluding hydrogens is 302 g/mol. The van der Waals surface area contributed by atoms with Gasteiger partial charge in [0.15, 0.2) is 0 Å². The number of anilines is 1. The third kappa shape index (κ3) is 3.99. The Balaban J connectivity index is 0.00000176. The van der Waals surface area contributed by atoms with Gasteiger partial charge in [0.05, 0.1) is 5.92 Å². The number of carbonyl (C=O) groups is 2. The number of benzene rings is 1. The van der Waals surface area contributed by atoms with Gasteiger partial charge in [0, 0.05) is 31.7 Å². The van der Waals surface area contributed by atoms with Crippen molar-refractivity contribution in [3.05, 3.63) is 29.8 Å². The Morgan fingerprint density at radius 2 is 2.09 bits per heavy atom. The summed E-state index contributed by atoms with van der Waals surface area (Å²) in [6.07, 6.45) is 2.53. The van der Waals surface area contributed by atoms with Crippen LogP contribution >= 0.6 is 12.4 Å². The third-order valence-corrected chi connectivity index (χ3v) is 4.20. The first-order chi connectivity index (χ1) is 10.2. The van der Waals surface area contributed by atoms with Crippen LogP contribution in [0.1, 0.15) is 24.8 Å². The Hall–Kier alpha value is -1.59. The van der Waals surface area contributed by atoms with Crippen LogP contribution in [0, 0.1) is 5.92 Å². The van der Waals surface area contributed by atoms with Gasteiger partial charge in [-0.05, 0) is 37.1 Å². The van der Waals surface area contributed by atoms with Crippen LogP contribution < -0.4 is 10.6 Å². The molecule has 5 nitrogen and oxygen atoms in total. The fourth-order valence-electron chi connectivity index (χ4n) is 2.91. The van der Waals surface area contributed by atoms with Crippen molar-refractivity contribution in [3.8, 4) is 0 Å². The normalized spacial score (nSPS) is 20.8. The van der Waals surface area contributed by atoms with E-state index < -0.39 is 0 Å². The first-order valence-electron chi connectivity index (χ1n) is 7.61. The largest absolute Gasteiger partial charge is 0.338 e. The Bertz CT molecular complexity index is 527. The molecule has 1 atom stereocenters. The first-order valence-corrected chi connectivity index (χ1v) is 7.61. The zero-order chi connectivity index (χ0) is 14.7. The standard InChI is InChI=1S/C16H21N3O2.ClH/c20-15-2-1-9-19(15)11-12-3-5-14(6-4-12)18-16(21)13-7-8-17-10-13;/h3-6,13,17H,1-2,7-11H2,(H,18,21);1H. The van der Waals surface area contributed by atoms with E-state index in [1.807, 2.05) is 29.2 Å². The number of halogens is 1. The molecule has 22 heavy (non-hydrogen) atoms. The van der Waals surface area contributed by atoms with Crippen LogP contribution in [0.25, 0.3) is 0 Å². The SMILES string of the molecule is Cl.O=C(Nc1ccc(CN2CCCC2=O)cc1)C1CCNC1. The van der Waals surface area contributed by atoms with Crippen LogP contribution in [0.5, 0.6) is 0 Å². The van der Waals surface area contributed by atoms with Crippen LogP contribution in [0.4, 0.5) is 5.69 Å². The average molecular weight is 324 g/mol. The van der Waals surface area contributed by atoms with Gasteiger partial charge < -0.3 is 15.5 Å². The smallest absolute Gasteiger partial charge is 0.228 e. The van der Waals surface area contributed by atoms with Crippen LogP contribution in [0.2, 0.25) is 0 Å². The van der Waals surface area contributed by atoms with Gasteiger partial charge in [0.25, 0.3) is 0 Å². The molecule has 1 aromatic rings. The molecule has 2 aliphatic heterocycles. The second kappa shape index (κ2) is 7.61. The van der Waals surface area contributed by atoms with Crippen LogP contribution in [0.3, 0.4) is 0 Å².